The van der Waals surface area contributed by atoms with Crippen LogP contribution in [-0.2, 0) is 4.79 Å². The van der Waals surface area contributed by atoms with E-state index >= 15 is 0 Å². The number of benzene rings is 1. The van der Waals surface area contributed by atoms with Gasteiger partial charge in [-0.1, -0.05) is 11.6 Å². The zero-order valence-electron chi connectivity index (χ0n) is 11.1. The number of nitrogens with zero attached hydrogens (tertiary/aromatic N) is 1. The zero-order chi connectivity index (χ0) is 14.4. The van der Waals surface area contributed by atoms with Gasteiger partial charge in [0.1, 0.15) is 0 Å². The van der Waals surface area contributed by atoms with Crippen LogP contribution in [0.4, 0.5) is 5.69 Å². The van der Waals surface area contributed by atoms with Crippen molar-refractivity contribution in [3.05, 3.63) is 28.8 Å². The van der Waals surface area contributed by atoms with Crippen LogP contribution in [-0.4, -0.2) is 37.4 Å². The van der Waals surface area contributed by atoms with Crippen LogP contribution in [0.5, 0.6) is 0 Å². The summed E-state index contributed by atoms with van der Waals surface area (Å²) in [5.41, 5.74) is 6.26. The maximum absolute atomic E-state index is 11.9. The van der Waals surface area contributed by atoms with Gasteiger partial charge in [0.05, 0.1) is 10.6 Å². The van der Waals surface area contributed by atoms with Crippen molar-refractivity contribution in [3.8, 4) is 0 Å². The molecule has 0 aromatic heterocycles. The lowest BCUT2D eigenvalue weighted by atomic mass is 10.1. The fourth-order valence-corrected chi connectivity index (χ4v) is 1.69. The summed E-state index contributed by atoms with van der Waals surface area (Å²) in [5.74, 6) is -0.334. The van der Waals surface area contributed by atoms with Gasteiger partial charge in [-0.05, 0) is 31.2 Å². The van der Waals surface area contributed by atoms with Gasteiger partial charge in [0.25, 0.3) is 5.91 Å². The lowest BCUT2D eigenvalue weighted by Crippen LogP contribution is -2.22. The van der Waals surface area contributed by atoms with Gasteiger partial charge in [-0.2, -0.15) is 0 Å². The Morgan fingerprint density at radius 3 is 2.63 bits per heavy atom. The van der Waals surface area contributed by atoms with E-state index in [4.69, 9.17) is 17.3 Å². The number of carbonyl (C=O) groups excluding carboxylic acids is 2. The van der Waals surface area contributed by atoms with Gasteiger partial charge in [-0.15, -0.1) is 0 Å². The van der Waals surface area contributed by atoms with Gasteiger partial charge in [-0.3, -0.25) is 9.59 Å². The molecule has 0 bridgehead atoms. The summed E-state index contributed by atoms with van der Waals surface area (Å²) in [7, 11) is 3.29. The van der Waals surface area contributed by atoms with Crippen molar-refractivity contribution in [2.45, 2.75) is 12.8 Å². The third-order valence-electron chi connectivity index (χ3n) is 2.49. The Morgan fingerprint density at radius 1 is 1.37 bits per heavy atom. The van der Waals surface area contributed by atoms with Crippen molar-refractivity contribution in [2.75, 3.05) is 26.0 Å². The van der Waals surface area contributed by atoms with Crippen molar-refractivity contribution in [3.63, 3.8) is 0 Å². The molecule has 0 spiro atoms. The van der Waals surface area contributed by atoms with E-state index < -0.39 is 0 Å². The quantitative estimate of drug-likeness (QED) is 0.864. The van der Waals surface area contributed by atoms with Crippen molar-refractivity contribution >= 4 is 29.1 Å². The average molecular weight is 284 g/mol. The van der Waals surface area contributed by atoms with Crippen LogP contribution in [0, 0.1) is 0 Å². The minimum atomic E-state index is -0.206. The lowest BCUT2D eigenvalue weighted by molar-refractivity contribution is -0.116. The highest BCUT2D eigenvalue weighted by Gasteiger charge is 2.13. The lowest BCUT2D eigenvalue weighted by Gasteiger charge is -2.13. The second-order valence-corrected chi connectivity index (χ2v) is 4.74. The standard InChI is InChI=1S/C13H18ClN3O2/c1-17(2)13(19)10-8-9(5-6-11(10)14)16-12(18)4-3-7-15/h5-6,8H,3-4,7,15H2,1-2H3,(H,16,18). The van der Waals surface area contributed by atoms with Crippen LogP contribution in [0.1, 0.15) is 23.2 Å². The predicted octanol–water partition coefficient (Wildman–Crippen LogP) is 1.72. The third-order valence-corrected chi connectivity index (χ3v) is 2.82. The number of amides is 2. The fraction of sp³-hybridized carbons (Fsp3) is 0.385. The van der Waals surface area contributed by atoms with E-state index in [1.54, 1.807) is 32.3 Å². The second-order valence-electron chi connectivity index (χ2n) is 4.33. The van der Waals surface area contributed by atoms with Gasteiger partial charge in [0.2, 0.25) is 5.91 Å². The molecular formula is C13H18ClN3O2. The van der Waals surface area contributed by atoms with Crippen LogP contribution in [0.25, 0.3) is 0 Å². The van der Waals surface area contributed by atoms with E-state index in [1.807, 2.05) is 0 Å². The fourth-order valence-electron chi connectivity index (χ4n) is 1.49. The average Bonchev–Trinajstić information content (AvgIpc) is 2.37. The first-order valence-corrected chi connectivity index (χ1v) is 6.34. The maximum Gasteiger partial charge on any atom is 0.254 e. The SMILES string of the molecule is CN(C)C(=O)c1cc(NC(=O)CCCN)ccc1Cl. The number of hydrogen-bond acceptors (Lipinski definition) is 3. The highest BCUT2D eigenvalue weighted by atomic mass is 35.5. The maximum atomic E-state index is 11.9. The van der Waals surface area contributed by atoms with E-state index in [2.05, 4.69) is 5.32 Å². The Morgan fingerprint density at radius 2 is 2.05 bits per heavy atom. The Bertz CT molecular complexity index is 475. The molecule has 0 radical (unpaired) electrons. The van der Waals surface area contributed by atoms with Crippen LogP contribution in [0.3, 0.4) is 0 Å². The molecule has 104 valence electrons. The van der Waals surface area contributed by atoms with E-state index in [0.29, 0.717) is 35.7 Å². The molecule has 0 saturated heterocycles. The molecule has 0 atom stereocenters. The van der Waals surface area contributed by atoms with Crippen LogP contribution < -0.4 is 11.1 Å². The molecule has 0 fully saturated rings. The van der Waals surface area contributed by atoms with Crippen LogP contribution in [0.15, 0.2) is 18.2 Å². The minimum absolute atomic E-state index is 0.129. The van der Waals surface area contributed by atoms with Crippen molar-refractivity contribution in [1.82, 2.24) is 4.90 Å². The highest BCUT2D eigenvalue weighted by Crippen LogP contribution is 2.21. The summed E-state index contributed by atoms with van der Waals surface area (Å²) >= 11 is 5.98. The van der Waals surface area contributed by atoms with E-state index in [1.165, 1.54) is 4.90 Å². The zero-order valence-corrected chi connectivity index (χ0v) is 11.8. The Kier molecular flexibility index (Phi) is 5.79. The summed E-state index contributed by atoms with van der Waals surface area (Å²) in [5, 5.41) is 3.07. The Labute approximate surface area is 117 Å². The van der Waals surface area contributed by atoms with Gasteiger partial charge in [-0.25, -0.2) is 0 Å². The molecule has 19 heavy (non-hydrogen) atoms. The molecule has 3 N–H and O–H groups in total. The molecule has 0 heterocycles. The largest absolute Gasteiger partial charge is 0.345 e. The first kappa shape index (κ1) is 15.5. The third kappa shape index (κ3) is 4.54. The van der Waals surface area contributed by atoms with Gasteiger partial charge in [0, 0.05) is 26.2 Å². The summed E-state index contributed by atoms with van der Waals surface area (Å²) in [6.07, 6.45) is 0.985. The predicted molar refractivity (Wildman–Crippen MR) is 76.4 cm³/mol. The van der Waals surface area contributed by atoms with Gasteiger partial charge >= 0.3 is 0 Å². The number of anilines is 1. The molecule has 0 aliphatic rings. The Hall–Kier alpha value is -1.59. The number of carbonyl (C=O) groups is 2. The van der Waals surface area contributed by atoms with Crippen LogP contribution in [0.2, 0.25) is 5.02 Å². The number of rotatable bonds is 5. The minimum Gasteiger partial charge on any atom is -0.345 e. The topological polar surface area (TPSA) is 75.4 Å². The van der Waals surface area contributed by atoms with E-state index in [9.17, 15) is 9.59 Å². The molecule has 1 rings (SSSR count). The molecule has 6 heteroatoms. The van der Waals surface area contributed by atoms with Crippen LogP contribution >= 0.6 is 11.6 Å². The monoisotopic (exact) mass is 283 g/mol. The molecule has 2 amide bonds. The number of nitrogens with one attached hydrogen (secondary N) is 1. The molecule has 1 aromatic carbocycles. The van der Waals surface area contributed by atoms with Gasteiger partial charge < -0.3 is 16.0 Å². The number of nitrogens with two attached hydrogens (primary N) is 1. The molecule has 0 saturated carbocycles. The second kappa shape index (κ2) is 7.11. The Balaban J connectivity index is 2.84. The molecule has 5 nitrogen and oxygen atoms in total. The molecule has 0 aliphatic heterocycles. The molecule has 0 aliphatic carbocycles. The van der Waals surface area contributed by atoms with Crippen molar-refractivity contribution in [1.29, 1.82) is 0 Å². The molecule has 1 aromatic rings. The normalized spacial score (nSPS) is 10.1. The first-order chi connectivity index (χ1) is 8.95. The van der Waals surface area contributed by atoms with E-state index in [-0.39, 0.29) is 11.8 Å². The summed E-state index contributed by atoms with van der Waals surface area (Å²) < 4.78 is 0. The molecular weight excluding hydrogens is 266 g/mol. The van der Waals surface area contributed by atoms with Crippen molar-refractivity contribution in [2.24, 2.45) is 5.73 Å². The summed E-state index contributed by atoms with van der Waals surface area (Å²) in [6, 6.07) is 4.83. The first-order valence-electron chi connectivity index (χ1n) is 5.97. The summed E-state index contributed by atoms with van der Waals surface area (Å²) in [6.45, 7) is 0.471. The smallest absolute Gasteiger partial charge is 0.254 e. The van der Waals surface area contributed by atoms with Crippen molar-refractivity contribution < 1.29 is 9.59 Å². The number of hydrogen-bond donors (Lipinski definition) is 2. The summed E-state index contributed by atoms with van der Waals surface area (Å²) in [4.78, 5) is 24.9. The van der Waals surface area contributed by atoms with E-state index in [0.717, 1.165) is 0 Å². The highest BCUT2D eigenvalue weighted by molar-refractivity contribution is 6.34. The van der Waals surface area contributed by atoms with Gasteiger partial charge in [0.15, 0.2) is 0 Å². The number of halogens is 1. The molecule has 0 unspecified atom stereocenters.